The lowest BCUT2D eigenvalue weighted by atomic mass is 10.7. The molecule has 6 heteroatoms. The second-order valence-electron chi connectivity index (χ2n) is 1.72. The molecule has 0 radical (unpaired) electrons. The van der Waals surface area contributed by atoms with Crippen LogP contribution >= 0.6 is 8.25 Å². The molecule has 0 rings (SSSR count). The van der Waals surface area contributed by atoms with E-state index in [1.807, 2.05) is 0 Å². The summed E-state index contributed by atoms with van der Waals surface area (Å²) in [6, 6.07) is 0. The van der Waals surface area contributed by atoms with Crippen LogP contribution in [-0.4, -0.2) is 25.8 Å². The minimum atomic E-state index is -2.17. The average molecular weight is 195 g/mol. The number of carbonyl (C=O) groups excluding carboxylic acids is 1. The minimum absolute atomic E-state index is 0.285. The zero-order chi connectivity index (χ0) is 9.40. The van der Waals surface area contributed by atoms with E-state index in [4.69, 9.17) is 0 Å². The molecule has 0 aromatic carbocycles. The Morgan fingerprint density at radius 3 is 2.42 bits per heavy atom. The van der Waals surface area contributed by atoms with Crippen molar-refractivity contribution in [2.75, 3.05) is 19.8 Å². The van der Waals surface area contributed by atoms with E-state index in [0.717, 1.165) is 0 Å². The summed E-state index contributed by atoms with van der Waals surface area (Å²) in [6.07, 6.45) is 0. The maximum atomic E-state index is 10.6. The van der Waals surface area contributed by atoms with Gasteiger partial charge < -0.3 is 4.74 Å². The predicted molar refractivity (Wildman–Crippen MR) is 41.8 cm³/mol. The minimum Gasteiger partial charge on any atom is -0.464 e. The van der Waals surface area contributed by atoms with Crippen molar-refractivity contribution in [1.29, 1.82) is 0 Å². The lowest BCUT2D eigenvalue weighted by Crippen LogP contribution is -2.09. The highest BCUT2D eigenvalue weighted by atomic mass is 31.1. The van der Waals surface area contributed by atoms with E-state index in [1.54, 1.807) is 13.8 Å². The highest BCUT2D eigenvalue weighted by Gasteiger charge is 2.21. The van der Waals surface area contributed by atoms with Crippen molar-refractivity contribution in [3.8, 4) is 0 Å². The third-order valence-electron chi connectivity index (χ3n) is 0.828. The van der Waals surface area contributed by atoms with Gasteiger partial charge in [-0.2, -0.15) is 0 Å². The fourth-order valence-electron chi connectivity index (χ4n) is 0.451. The molecule has 1 atom stereocenters. The summed E-state index contributed by atoms with van der Waals surface area (Å²) < 4.78 is 24.2. The van der Waals surface area contributed by atoms with Crippen LogP contribution < -0.4 is 0 Å². The van der Waals surface area contributed by atoms with Gasteiger partial charge in [-0.05, 0) is 13.8 Å². The average Bonchev–Trinajstić information content (AvgIpc) is 2.02. The lowest BCUT2D eigenvalue weighted by Gasteiger charge is -1.94. The number of esters is 1. The van der Waals surface area contributed by atoms with Crippen molar-refractivity contribution < 1.29 is 23.1 Å². The Balaban J connectivity index is 3.40. The van der Waals surface area contributed by atoms with Crippen LogP contribution in [0, 0.1) is 0 Å². The van der Waals surface area contributed by atoms with Gasteiger partial charge in [0.25, 0.3) is 0 Å². The summed E-state index contributed by atoms with van der Waals surface area (Å²) in [4.78, 5) is 10.6. The molecule has 0 bridgehead atoms. The Hall–Kier alpha value is -0.510. The highest BCUT2D eigenvalue weighted by molar-refractivity contribution is 7.33. The van der Waals surface area contributed by atoms with Gasteiger partial charge in [-0.25, -0.2) is 4.79 Å². The quantitative estimate of drug-likeness (QED) is 0.471. The molecule has 12 heavy (non-hydrogen) atoms. The zero-order valence-corrected chi connectivity index (χ0v) is 8.00. The van der Waals surface area contributed by atoms with Crippen LogP contribution in [0.25, 0.3) is 0 Å². The molecule has 0 aliphatic rings. The second kappa shape index (κ2) is 7.16. The molecule has 0 fully saturated rings. The third kappa shape index (κ3) is 6.22. The number of hydrogen-bond acceptors (Lipinski definition) is 5. The first-order valence-corrected chi connectivity index (χ1v) is 4.69. The van der Waals surface area contributed by atoms with Crippen molar-refractivity contribution >= 4 is 14.2 Å². The van der Waals surface area contributed by atoms with Gasteiger partial charge in [0.05, 0.1) is 6.61 Å². The van der Waals surface area contributed by atoms with Gasteiger partial charge in [0.15, 0.2) is 0 Å². The molecular formula is C6H12O5P+. The van der Waals surface area contributed by atoms with Gasteiger partial charge in [0.1, 0.15) is 6.61 Å². The monoisotopic (exact) mass is 195 g/mol. The molecule has 0 heterocycles. The number of hydrogen-bond donors (Lipinski definition) is 0. The van der Waals surface area contributed by atoms with E-state index >= 15 is 0 Å². The van der Waals surface area contributed by atoms with Crippen LogP contribution in [0.4, 0.5) is 0 Å². The topological polar surface area (TPSA) is 61.8 Å². The molecule has 0 aromatic rings. The number of rotatable bonds is 6. The Morgan fingerprint density at radius 2 is 1.92 bits per heavy atom. The van der Waals surface area contributed by atoms with Crippen molar-refractivity contribution in [3.05, 3.63) is 0 Å². The first-order valence-electron chi connectivity index (χ1n) is 3.59. The van der Waals surface area contributed by atoms with Crippen molar-refractivity contribution in [2.24, 2.45) is 0 Å². The third-order valence-corrected chi connectivity index (χ3v) is 1.64. The lowest BCUT2D eigenvalue weighted by molar-refractivity contribution is -0.145. The Morgan fingerprint density at radius 1 is 1.25 bits per heavy atom. The van der Waals surface area contributed by atoms with Crippen LogP contribution in [0.3, 0.4) is 0 Å². The van der Waals surface area contributed by atoms with E-state index in [-0.39, 0.29) is 19.8 Å². The van der Waals surface area contributed by atoms with Crippen LogP contribution in [0.5, 0.6) is 0 Å². The number of carbonyl (C=O) groups is 1. The fraction of sp³-hybridized carbons (Fsp3) is 0.833. The standard InChI is InChI=1S/C6H12O5P/c1-3-9-6(7)5-11-12(8)10-4-2/h3-5H2,1-2H3/q+1. The molecule has 0 amide bonds. The first kappa shape index (κ1) is 11.5. The molecular weight excluding hydrogens is 183 g/mol. The normalized spacial score (nSPS) is 11.0. The van der Waals surface area contributed by atoms with Crippen LogP contribution in [0.1, 0.15) is 13.8 Å². The summed E-state index contributed by atoms with van der Waals surface area (Å²) in [6.45, 7) is 3.61. The van der Waals surface area contributed by atoms with Gasteiger partial charge in [0, 0.05) is 4.57 Å². The second-order valence-corrected chi connectivity index (χ2v) is 2.68. The molecule has 0 aliphatic heterocycles. The summed E-state index contributed by atoms with van der Waals surface area (Å²) in [5.41, 5.74) is 0. The smallest absolute Gasteiger partial charge is 0.464 e. The molecule has 0 aliphatic carbocycles. The molecule has 70 valence electrons. The Bertz CT molecular complexity index is 140. The van der Waals surface area contributed by atoms with Gasteiger partial charge in [-0.15, -0.1) is 9.05 Å². The zero-order valence-electron chi connectivity index (χ0n) is 7.11. The first-order chi connectivity index (χ1) is 5.70. The maximum Gasteiger partial charge on any atom is 0.697 e. The molecule has 0 saturated heterocycles. The molecule has 0 N–H and O–H groups in total. The van der Waals surface area contributed by atoms with Crippen LogP contribution in [0.15, 0.2) is 0 Å². The van der Waals surface area contributed by atoms with Crippen molar-refractivity contribution in [2.45, 2.75) is 13.8 Å². The Kier molecular flexibility index (Phi) is 6.85. The van der Waals surface area contributed by atoms with Gasteiger partial charge in [0.2, 0.25) is 6.61 Å². The number of ether oxygens (including phenoxy) is 1. The van der Waals surface area contributed by atoms with Gasteiger partial charge in [-0.1, -0.05) is 0 Å². The maximum absolute atomic E-state index is 10.6. The summed E-state index contributed by atoms with van der Waals surface area (Å²) >= 11 is 0. The molecule has 0 saturated carbocycles. The van der Waals surface area contributed by atoms with E-state index < -0.39 is 14.2 Å². The summed E-state index contributed by atoms with van der Waals surface area (Å²) in [7, 11) is -2.17. The highest BCUT2D eigenvalue weighted by Crippen LogP contribution is 2.22. The van der Waals surface area contributed by atoms with Crippen molar-refractivity contribution in [3.63, 3.8) is 0 Å². The van der Waals surface area contributed by atoms with E-state index in [9.17, 15) is 9.36 Å². The van der Waals surface area contributed by atoms with Gasteiger partial charge >= 0.3 is 14.2 Å². The molecule has 0 spiro atoms. The molecule has 1 unspecified atom stereocenters. The molecule has 5 nitrogen and oxygen atoms in total. The van der Waals surface area contributed by atoms with E-state index in [2.05, 4.69) is 13.8 Å². The van der Waals surface area contributed by atoms with E-state index in [0.29, 0.717) is 0 Å². The summed E-state index contributed by atoms with van der Waals surface area (Å²) in [5, 5.41) is 0. The predicted octanol–water partition coefficient (Wildman–Crippen LogP) is 1.26. The summed E-state index contributed by atoms with van der Waals surface area (Å²) in [5.74, 6) is -0.541. The largest absolute Gasteiger partial charge is 0.697 e. The fourth-order valence-corrected chi connectivity index (χ4v) is 0.947. The van der Waals surface area contributed by atoms with Crippen LogP contribution in [0.2, 0.25) is 0 Å². The van der Waals surface area contributed by atoms with E-state index in [1.165, 1.54) is 0 Å². The van der Waals surface area contributed by atoms with Gasteiger partial charge in [-0.3, -0.25) is 0 Å². The van der Waals surface area contributed by atoms with Crippen LogP contribution in [-0.2, 0) is 23.1 Å². The molecule has 0 aromatic heterocycles. The van der Waals surface area contributed by atoms with Crippen molar-refractivity contribution in [1.82, 2.24) is 0 Å². The SMILES string of the molecule is CCOC(=O)CO[P+](=O)OCC. The Labute approximate surface area is 71.9 Å².